The number of hydrogen-bond donors (Lipinski definition) is 2. The van der Waals surface area contributed by atoms with Gasteiger partial charge in [-0.1, -0.05) is 26.7 Å². The summed E-state index contributed by atoms with van der Waals surface area (Å²) in [6, 6.07) is -0.353. The molecule has 244 valence electrons. The number of cyclic esters (lactones) is 2. The van der Waals surface area contributed by atoms with Crippen LogP contribution in [0.4, 0.5) is 0 Å². The van der Waals surface area contributed by atoms with Crippen LogP contribution in [0.15, 0.2) is 58.1 Å². The molecule has 3 N–H and O–H groups in total. The molecule has 9 heteroatoms. The number of amides is 2. The Morgan fingerprint density at radius 2 is 1.67 bits per heavy atom. The first-order valence-corrected chi connectivity index (χ1v) is 17.7. The number of allylic oxidation sites excluding steroid dienone is 4. The van der Waals surface area contributed by atoms with E-state index in [1.807, 2.05) is 0 Å². The van der Waals surface area contributed by atoms with Crippen LogP contribution in [0.25, 0.3) is 0 Å². The molecule has 4 heterocycles. The molecule has 2 saturated heterocycles. The van der Waals surface area contributed by atoms with Gasteiger partial charge in [-0.3, -0.25) is 14.5 Å². The summed E-state index contributed by atoms with van der Waals surface area (Å²) in [5.41, 5.74) is 9.49. The number of piperidine rings is 1. The minimum Gasteiger partial charge on any atom is -0.427 e. The van der Waals surface area contributed by atoms with Crippen LogP contribution < -0.4 is 11.1 Å². The highest BCUT2D eigenvalue weighted by Gasteiger charge is 2.70. The number of nitrogens with zero attached hydrogens (tertiary/aromatic N) is 1. The third-order valence-corrected chi connectivity index (χ3v) is 12.7. The van der Waals surface area contributed by atoms with Crippen LogP contribution in [-0.2, 0) is 28.7 Å². The van der Waals surface area contributed by atoms with Gasteiger partial charge in [-0.25, -0.2) is 9.59 Å². The normalized spacial score (nSPS) is 41.3. The Labute approximate surface area is 270 Å². The van der Waals surface area contributed by atoms with Crippen LogP contribution >= 0.6 is 0 Å². The van der Waals surface area contributed by atoms with E-state index in [9.17, 15) is 19.2 Å². The molecule has 5 aliphatic carbocycles. The molecule has 4 fully saturated rings. The average molecular weight is 628 g/mol. The van der Waals surface area contributed by atoms with Crippen molar-refractivity contribution in [2.24, 2.45) is 46.7 Å². The summed E-state index contributed by atoms with van der Waals surface area (Å²) in [6.07, 6.45) is 15.8. The zero-order valence-electron chi connectivity index (χ0n) is 26.9. The predicted octanol–water partition coefficient (Wildman–Crippen LogP) is 4.71. The molecule has 9 rings (SSSR count). The summed E-state index contributed by atoms with van der Waals surface area (Å²) in [5, 5.41) is 3.46. The van der Waals surface area contributed by atoms with Crippen LogP contribution in [0.2, 0.25) is 0 Å². The van der Waals surface area contributed by atoms with Gasteiger partial charge in [-0.05, 0) is 106 Å². The maximum absolute atomic E-state index is 14.4. The van der Waals surface area contributed by atoms with Crippen molar-refractivity contribution in [1.29, 1.82) is 0 Å². The Morgan fingerprint density at radius 3 is 2.43 bits per heavy atom. The lowest BCUT2D eigenvalue weighted by Crippen LogP contribution is -2.62. The smallest absolute Gasteiger partial charge is 0.340 e. The minimum absolute atomic E-state index is 0.0450. The van der Waals surface area contributed by atoms with Crippen LogP contribution in [0.5, 0.6) is 0 Å². The summed E-state index contributed by atoms with van der Waals surface area (Å²) < 4.78 is 12.3. The lowest BCUT2D eigenvalue weighted by molar-refractivity contribution is -0.143. The number of esters is 2. The molecule has 2 saturated carbocycles. The molecule has 9 aliphatic rings. The number of nitrogens with two attached hydrogens (primary N) is 1. The van der Waals surface area contributed by atoms with Gasteiger partial charge in [0.1, 0.15) is 11.5 Å². The molecule has 4 aliphatic heterocycles. The van der Waals surface area contributed by atoms with Crippen molar-refractivity contribution in [3.63, 3.8) is 0 Å². The molecule has 3 unspecified atom stereocenters. The van der Waals surface area contributed by atoms with Gasteiger partial charge in [0.25, 0.3) is 11.8 Å². The number of fused-ring (bicyclic) bond motifs is 2. The second kappa shape index (κ2) is 11.2. The Hall–Kier alpha value is -3.30. The molecule has 9 nitrogen and oxygen atoms in total. The number of nitrogens with one attached hydrogen (secondary N) is 1. The first-order chi connectivity index (χ1) is 22.3. The van der Waals surface area contributed by atoms with Crippen molar-refractivity contribution in [3.8, 4) is 0 Å². The molecule has 0 aromatic carbocycles. The molecule has 9 atom stereocenters. The number of hydrogen-bond acceptors (Lipinski definition) is 8. The summed E-state index contributed by atoms with van der Waals surface area (Å²) in [7, 11) is 0. The zero-order valence-corrected chi connectivity index (χ0v) is 26.9. The average Bonchev–Trinajstić information content (AvgIpc) is 3.68. The van der Waals surface area contributed by atoms with Gasteiger partial charge in [0, 0.05) is 41.2 Å². The molecule has 1 spiro atoms. The highest BCUT2D eigenvalue weighted by Crippen LogP contribution is 2.72. The molecule has 2 amide bonds. The van der Waals surface area contributed by atoms with E-state index in [-0.39, 0.29) is 71.5 Å². The number of rotatable bonds is 6. The van der Waals surface area contributed by atoms with Crippen molar-refractivity contribution in [1.82, 2.24) is 10.2 Å². The maximum Gasteiger partial charge on any atom is 0.340 e. The van der Waals surface area contributed by atoms with E-state index in [1.165, 1.54) is 17.1 Å². The van der Waals surface area contributed by atoms with E-state index in [0.717, 1.165) is 87.5 Å². The summed E-state index contributed by atoms with van der Waals surface area (Å²) in [4.78, 5) is 56.2. The van der Waals surface area contributed by atoms with Crippen LogP contribution in [0.3, 0.4) is 0 Å². The second-order valence-electron chi connectivity index (χ2n) is 14.7. The molecule has 0 aromatic rings. The summed E-state index contributed by atoms with van der Waals surface area (Å²) >= 11 is 0. The third-order valence-electron chi connectivity index (χ3n) is 12.7. The highest BCUT2D eigenvalue weighted by molar-refractivity contribution is 6.13. The van der Waals surface area contributed by atoms with Gasteiger partial charge in [-0.15, -0.1) is 0 Å². The second-order valence-corrected chi connectivity index (χ2v) is 14.7. The van der Waals surface area contributed by atoms with Crippen molar-refractivity contribution in [2.45, 2.75) is 96.7 Å². The fourth-order valence-corrected chi connectivity index (χ4v) is 11.1. The number of imide groups is 1. The highest BCUT2D eigenvalue weighted by atomic mass is 16.5. The Kier molecular flexibility index (Phi) is 7.29. The number of carbonyl (C=O) groups excluding carboxylic acids is 4. The molecule has 0 aromatic heterocycles. The fraction of sp³-hybridized carbons (Fsp3) is 0.622. The van der Waals surface area contributed by atoms with Crippen molar-refractivity contribution in [2.75, 3.05) is 6.54 Å². The maximum atomic E-state index is 14.4. The lowest BCUT2D eigenvalue weighted by atomic mass is 9.42. The number of unbranched alkanes of at least 4 members (excludes halogenated alkanes) is 2. The zero-order chi connectivity index (χ0) is 31.9. The molecule has 46 heavy (non-hydrogen) atoms. The number of ether oxygens (including phenoxy) is 2. The Bertz CT molecular complexity index is 1550. The first-order valence-electron chi connectivity index (χ1n) is 17.7. The van der Waals surface area contributed by atoms with Gasteiger partial charge in [-0.2, -0.15) is 0 Å². The van der Waals surface area contributed by atoms with Gasteiger partial charge in [0.05, 0.1) is 17.2 Å². The van der Waals surface area contributed by atoms with E-state index in [4.69, 9.17) is 15.2 Å². The fourth-order valence-electron chi connectivity index (χ4n) is 11.1. The standard InChI is InChI=1S/C37H45N3O6/c1-3-5-7-25-23-10-9-21-19-15-17-37(32(21)31(23)35(43)45-25)26(8-6-4-2)46-36(44)33(37)30(19)29-20-16-18-39-34(38)22(20)11-12-24(29)40-27(41)13-14-28(40)42/h7-8,13-14,19-22,24,29,32,34,39H,3-6,9-12,15-18,38H2,1-2H3/t19-,20?,21+,22?,24+,29-,32+,34?,37-/m1/s1. The molecular formula is C37H45N3O6. The quantitative estimate of drug-likeness (QED) is 0.320. The summed E-state index contributed by atoms with van der Waals surface area (Å²) in [5.74, 6) is 0.301. The van der Waals surface area contributed by atoms with Crippen molar-refractivity contribution < 1.29 is 28.7 Å². The largest absolute Gasteiger partial charge is 0.427 e. The summed E-state index contributed by atoms with van der Waals surface area (Å²) in [6.45, 7) is 4.97. The van der Waals surface area contributed by atoms with E-state index < -0.39 is 5.41 Å². The number of carbonyl (C=O) groups is 4. The van der Waals surface area contributed by atoms with E-state index in [2.05, 4.69) is 31.3 Å². The SMILES string of the molecule is CCCC=C1OC(=O)C2=C1CC[C@@H]1[C@@H]2[C@]23CC[C@H]1C([C@@H]1C4CCNC(N)C4CC[C@@H]1N1C(=O)C=CC1=O)=C2C(=O)OC3=CCCC. The third kappa shape index (κ3) is 4.06. The van der Waals surface area contributed by atoms with Crippen LogP contribution in [0.1, 0.15) is 84.5 Å². The van der Waals surface area contributed by atoms with Crippen LogP contribution in [0, 0.1) is 40.9 Å². The van der Waals surface area contributed by atoms with Crippen molar-refractivity contribution >= 4 is 23.8 Å². The van der Waals surface area contributed by atoms with Crippen LogP contribution in [-0.4, -0.2) is 47.4 Å². The Morgan fingerprint density at radius 1 is 0.913 bits per heavy atom. The van der Waals surface area contributed by atoms with Crippen molar-refractivity contribution in [3.05, 3.63) is 58.1 Å². The first kappa shape index (κ1) is 30.1. The van der Waals surface area contributed by atoms with Gasteiger partial charge in [0.15, 0.2) is 0 Å². The minimum atomic E-state index is -0.759. The van der Waals surface area contributed by atoms with E-state index >= 15 is 0 Å². The van der Waals surface area contributed by atoms with E-state index in [0.29, 0.717) is 23.5 Å². The van der Waals surface area contributed by atoms with Gasteiger partial charge in [0.2, 0.25) is 0 Å². The van der Waals surface area contributed by atoms with E-state index in [1.54, 1.807) is 0 Å². The van der Waals surface area contributed by atoms with Gasteiger partial charge < -0.3 is 20.5 Å². The molecular weight excluding hydrogens is 582 g/mol. The Balaban J connectivity index is 1.35. The molecule has 0 radical (unpaired) electrons. The molecule has 2 bridgehead atoms. The van der Waals surface area contributed by atoms with Gasteiger partial charge >= 0.3 is 11.9 Å². The lowest BCUT2D eigenvalue weighted by Gasteiger charge is -2.60. The monoisotopic (exact) mass is 627 g/mol. The predicted molar refractivity (Wildman–Crippen MR) is 169 cm³/mol. The topological polar surface area (TPSA) is 128 Å².